The molecule has 0 spiro atoms. The van der Waals surface area contributed by atoms with Crippen LogP contribution in [0.3, 0.4) is 0 Å². The highest BCUT2D eigenvalue weighted by Crippen LogP contribution is 2.31. The van der Waals surface area contributed by atoms with E-state index in [4.69, 9.17) is 27.9 Å². The van der Waals surface area contributed by atoms with Gasteiger partial charge in [0.2, 0.25) is 10.0 Å². The average Bonchev–Trinajstić information content (AvgIpc) is 3.47. The van der Waals surface area contributed by atoms with Crippen LogP contribution < -0.4 is 10.0 Å². The molecule has 0 heterocycles. The molecule has 166 valence electrons. The SMILES string of the molecule is CC(OC(=O)c1cc(S(=O)(=O)NC2CC2)c(Cl)cc1Cl)C(=O)Nc1cc(F)ccc1F. The Kier molecular flexibility index (Phi) is 6.85. The van der Waals surface area contributed by atoms with Gasteiger partial charge in [-0.15, -0.1) is 0 Å². The first kappa shape index (κ1) is 23.4. The normalized spacial score (nSPS) is 14.7. The molecule has 1 aliphatic carbocycles. The Balaban J connectivity index is 1.76. The molecule has 1 unspecified atom stereocenters. The third-order valence-electron chi connectivity index (χ3n) is 4.27. The molecule has 0 bridgehead atoms. The molecule has 0 aromatic heterocycles. The van der Waals surface area contributed by atoms with Crippen molar-refractivity contribution in [1.82, 2.24) is 4.72 Å². The second kappa shape index (κ2) is 9.07. The highest BCUT2D eigenvalue weighted by Gasteiger charge is 2.31. The number of rotatable bonds is 7. The maximum absolute atomic E-state index is 13.7. The summed E-state index contributed by atoms with van der Waals surface area (Å²) in [5.74, 6) is -3.70. The average molecular weight is 493 g/mol. The number of sulfonamides is 1. The van der Waals surface area contributed by atoms with E-state index in [1.807, 2.05) is 0 Å². The van der Waals surface area contributed by atoms with E-state index in [1.54, 1.807) is 0 Å². The Morgan fingerprint density at radius 1 is 1.13 bits per heavy atom. The molecule has 12 heteroatoms. The molecule has 1 saturated carbocycles. The fourth-order valence-electron chi connectivity index (χ4n) is 2.48. The first-order chi connectivity index (χ1) is 14.5. The first-order valence-corrected chi connectivity index (χ1v) is 11.2. The van der Waals surface area contributed by atoms with Gasteiger partial charge >= 0.3 is 5.97 Å². The van der Waals surface area contributed by atoms with Crippen LogP contribution in [-0.4, -0.2) is 32.4 Å². The highest BCUT2D eigenvalue weighted by atomic mass is 35.5. The van der Waals surface area contributed by atoms with Crippen molar-refractivity contribution in [2.24, 2.45) is 0 Å². The van der Waals surface area contributed by atoms with Crippen molar-refractivity contribution in [3.05, 3.63) is 57.6 Å². The Hall–Kier alpha value is -2.27. The van der Waals surface area contributed by atoms with Gasteiger partial charge in [-0.1, -0.05) is 23.2 Å². The Labute approximate surface area is 186 Å². The van der Waals surface area contributed by atoms with Crippen molar-refractivity contribution in [2.75, 3.05) is 5.32 Å². The van der Waals surface area contributed by atoms with Crippen molar-refractivity contribution in [3.63, 3.8) is 0 Å². The van der Waals surface area contributed by atoms with Crippen LogP contribution >= 0.6 is 23.2 Å². The molecule has 2 N–H and O–H groups in total. The molecule has 1 fully saturated rings. The number of ether oxygens (including phenoxy) is 1. The minimum atomic E-state index is -4.00. The molecule has 0 saturated heterocycles. The highest BCUT2D eigenvalue weighted by molar-refractivity contribution is 7.89. The van der Waals surface area contributed by atoms with Gasteiger partial charge in [-0.05, 0) is 44.0 Å². The number of hydrogen-bond donors (Lipinski definition) is 2. The Bertz CT molecular complexity index is 1160. The van der Waals surface area contributed by atoms with Crippen molar-refractivity contribution >= 4 is 50.8 Å². The lowest BCUT2D eigenvalue weighted by molar-refractivity contribution is -0.123. The summed E-state index contributed by atoms with van der Waals surface area (Å²) in [6.45, 7) is 1.20. The lowest BCUT2D eigenvalue weighted by Gasteiger charge is -2.15. The van der Waals surface area contributed by atoms with Gasteiger partial charge in [-0.25, -0.2) is 26.7 Å². The van der Waals surface area contributed by atoms with Gasteiger partial charge in [0.05, 0.1) is 21.3 Å². The largest absolute Gasteiger partial charge is 0.449 e. The monoisotopic (exact) mass is 492 g/mol. The maximum Gasteiger partial charge on any atom is 0.340 e. The summed E-state index contributed by atoms with van der Waals surface area (Å²) in [6, 6.07) is 4.30. The van der Waals surface area contributed by atoms with Crippen LogP contribution in [0.5, 0.6) is 0 Å². The van der Waals surface area contributed by atoms with Gasteiger partial charge in [-0.2, -0.15) is 0 Å². The number of nitrogens with one attached hydrogen (secondary N) is 2. The number of hydrogen-bond acceptors (Lipinski definition) is 5. The second-order valence-corrected chi connectivity index (χ2v) is 9.32. The van der Waals surface area contributed by atoms with Crippen LogP contribution in [-0.2, 0) is 19.6 Å². The van der Waals surface area contributed by atoms with Crippen molar-refractivity contribution < 1.29 is 31.5 Å². The number of carbonyl (C=O) groups excluding carboxylic acids is 2. The third-order valence-corrected chi connectivity index (χ3v) is 6.57. The molecular formula is C19H16Cl2F2N2O5S. The van der Waals surface area contributed by atoms with Gasteiger partial charge in [-0.3, -0.25) is 4.79 Å². The topological polar surface area (TPSA) is 102 Å². The number of halogens is 4. The molecule has 0 aliphatic heterocycles. The third kappa shape index (κ3) is 5.70. The van der Waals surface area contributed by atoms with Crippen molar-refractivity contribution in [1.29, 1.82) is 0 Å². The molecule has 2 aromatic rings. The van der Waals surface area contributed by atoms with Gasteiger partial charge < -0.3 is 10.1 Å². The Morgan fingerprint density at radius 2 is 1.81 bits per heavy atom. The second-order valence-electron chi connectivity index (χ2n) is 6.82. The van der Waals surface area contributed by atoms with E-state index in [0.29, 0.717) is 12.8 Å². The molecule has 7 nitrogen and oxygen atoms in total. The van der Waals surface area contributed by atoms with Crippen LogP contribution in [0.25, 0.3) is 0 Å². The zero-order valence-corrected chi connectivity index (χ0v) is 18.2. The fraction of sp³-hybridized carbons (Fsp3) is 0.263. The van der Waals surface area contributed by atoms with Crippen LogP contribution in [0.4, 0.5) is 14.5 Å². The van der Waals surface area contributed by atoms with Crippen LogP contribution in [0.1, 0.15) is 30.1 Å². The van der Waals surface area contributed by atoms with Gasteiger partial charge in [0, 0.05) is 12.1 Å². The van der Waals surface area contributed by atoms with Crippen molar-refractivity contribution in [2.45, 2.75) is 36.8 Å². The van der Waals surface area contributed by atoms with E-state index >= 15 is 0 Å². The number of anilines is 1. The summed E-state index contributed by atoms with van der Waals surface area (Å²) in [5.41, 5.74) is -0.768. The zero-order chi connectivity index (χ0) is 22.9. The number of carbonyl (C=O) groups is 2. The summed E-state index contributed by atoms with van der Waals surface area (Å²) < 4.78 is 59.3. The van der Waals surface area contributed by atoms with E-state index in [2.05, 4.69) is 10.0 Å². The maximum atomic E-state index is 13.7. The quantitative estimate of drug-likeness (QED) is 0.570. The lowest BCUT2D eigenvalue weighted by Crippen LogP contribution is -2.30. The molecule has 1 aliphatic rings. The van der Waals surface area contributed by atoms with Gasteiger partial charge in [0.25, 0.3) is 5.91 Å². The number of benzene rings is 2. The molecule has 0 radical (unpaired) electrons. The summed E-state index contributed by atoms with van der Waals surface area (Å²) in [4.78, 5) is 24.3. The molecule has 1 amide bonds. The summed E-state index contributed by atoms with van der Waals surface area (Å²) >= 11 is 12.0. The molecule has 2 aromatic carbocycles. The van der Waals surface area contributed by atoms with E-state index in [0.717, 1.165) is 30.3 Å². The number of amides is 1. The van der Waals surface area contributed by atoms with Crippen molar-refractivity contribution in [3.8, 4) is 0 Å². The molecular weight excluding hydrogens is 477 g/mol. The standard InChI is InChI=1S/C19H16Cl2F2N2O5S/c1-9(18(26)24-16-6-10(22)2-5-15(16)23)30-19(27)12-7-17(14(21)8-13(12)20)31(28,29)25-11-3-4-11/h2,5-9,11,25H,3-4H2,1H3,(H,24,26). The lowest BCUT2D eigenvalue weighted by atomic mass is 10.2. The molecule has 1 atom stereocenters. The van der Waals surface area contributed by atoms with Gasteiger partial charge in [0.15, 0.2) is 6.10 Å². The molecule has 31 heavy (non-hydrogen) atoms. The summed E-state index contributed by atoms with van der Waals surface area (Å²) in [5, 5.41) is 1.72. The zero-order valence-electron chi connectivity index (χ0n) is 15.9. The van der Waals surface area contributed by atoms with Crippen LogP contribution in [0.15, 0.2) is 35.2 Å². The predicted octanol–water partition coefficient (Wildman–Crippen LogP) is 3.90. The molecule has 3 rings (SSSR count). The van der Waals surface area contributed by atoms with E-state index in [1.165, 1.54) is 6.92 Å². The minimum absolute atomic E-state index is 0.191. The predicted molar refractivity (Wildman–Crippen MR) is 110 cm³/mol. The van der Waals surface area contributed by atoms with E-state index < -0.39 is 45.3 Å². The Morgan fingerprint density at radius 3 is 2.45 bits per heavy atom. The van der Waals surface area contributed by atoms with Gasteiger partial charge in [0.1, 0.15) is 16.5 Å². The van der Waals surface area contributed by atoms with E-state index in [9.17, 15) is 26.8 Å². The van der Waals surface area contributed by atoms with E-state index in [-0.39, 0.29) is 26.5 Å². The fourth-order valence-corrected chi connectivity index (χ4v) is 4.64. The van der Waals surface area contributed by atoms with Crippen LogP contribution in [0, 0.1) is 11.6 Å². The summed E-state index contributed by atoms with van der Waals surface area (Å²) in [6.07, 6.45) is -0.0537. The smallest absolute Gasteiger partial charge is 0.340 e. The summed E-state index contributed by atoms with van der Waals surface area (Å²) in [7, 11) is -4.00. The first-order valence-electron chi connectivity index (χ1n) is 8.96. The number of esters is 1. The minimum Gasteiger partial charge on any atom is -0.449 e. The van der Waals surface area contributed by atoms with Crippen LogP contribution in [0.2, 0.25) is 10.0 Å².